The van der Waals surface area contributed by atoms with Gasteiger partial charge >= 0.3 is 0 Å². The fourth-order valence-corrected chi connectivity index (χ4v) is 5.85. The highest BCUT2D eigenvalue weighted by molar-refractivity contribution is 5.89. The molecule has 1 heterocycles. The minimum absolute atomic E-state index is 0.0749. The topological polar surface area (TPSA) is 67.2 Å². The number of Topliss-reactive ketones (excluding diaryl/α,β-unsaturated/α-hetero) is 2. The van der Waals surface area contributed by atoms with E-state index >= 15 is 0 Å². The first-order valence-corrected chi connectivity index (χ1v) is 10.3. The summed E-state index contributed by atoms with van der Waals surface area (Å²) in [5.74, 6) is -0.262. The lowest BCUT2D eigenvalue weighted by molar-refractivity contribution is -0.186. The Kier molecular flexibility index (Phi) is 4.50. The highest BCUT2D eigenvalue weighted by Crippen LogP contribution is 2.54. The van der Waals surface area contributed by atoms with E-state index in [0.717, 1.165) is 18.4 Å². The van der Waals surface area contributed by atoms with Crippen LogP contribution in [0.5, 0.6) is 0 Å². The van der Waals surface area contributed by atoms with Crippen LogP contribution >= 0.6 is 0 Å². The van der Waals surface area contributed by atoms with Gasteiger partial charge in [-0.2, -0.15) is 5.26 Å². The number of carbonyl (C=O) groups is 2. The summed E-state index contributed by atoms with van der Waals surface area (Å²) in [5, 5.41) is 9.13. The van der Waals surface area contributed by atoms with E-state index < -0.39 is 0 Å². The highest BCUT2D eigenvalue weighted by Gasteiger charge is 2.57. The van der Waals surface area contributed by atoms with Gasteiger partial charge in [0.05, 0.1) is 35.7 Å². The quantitative estimate of drug-likeness (QED) is 0.724. The Morgan fingerprint density at radius 3 is 1.75 bits per heavy atom. The number of ether oxygens (including phenoxy) is 1. The summed E-state index contributed by atoms with van der Waals surface area (Å²) in [5.41, 5.74) is 1.44. The van der Waals surface area contributed by atoms with Crippen molar-refractivity contribution in [2.45, 2.75) is 71.5 Å². The zero-order valence-corrected chi connectivity index (χ0v) is 17.2. The number of rotatable bonds is 1. The van der Waals surface area contributed by atoms with Gasteiger partial charge < -0.3 is 4.74 Å². The molecule has 3 aliphatic rings. The van der Waals surface area contributed by atoms with Gasteiger partial charge in [0.1, 0.15) is 11.6 Å². The third kappa shape index (κ3) is 3.31. The van der Waals surface area contributed by atoms with Crippen molar-refractivity contribution in [1.29, 1.82) is 5.26 Å². The van der Waals surface area contributed by atoms with E-state index in [1.807, 2.05) is 12.1 Å². The van der Waals surface area contributed by atoms with E-state index in [-0.39, 0.29) is 52.4 Å². The normalized spacial score (nSPS) is 36.2. The maximum Gasteiger partial charge on any atom is 0.139 e. The number of carbonyl (C=O) groups excluding carboxylic acids is 2. The average Bonchev–Trinajstić information content (AvgIpc) is 2.57. The SMILES string of the molecule is CC1(C)CC(=O)C2C(C1)OC1CC(C)(C)CC(=O)C1C2c1ccc(C#N)cc1. The minimum Gasteiger partial charge on any atom is -0.373 e. The molecule has 0 spiro atoms. The van der Waals surface area contributed by atoms with Gasteiger partial charge in [0, 0.05) is 18.8 Å². The number of nitriles is 1. The fraction of sp³-hybridized carbons (Fsp3) is 0.625. The van der Waals surface area contributed by atoms with Crippen LogP contribution in [0, 0.1) is 34.0 Å². The van der Waals surface area contributed by atoms with Gasteiger partial charge in [0.25, 0.3) is 0 Å². The van der Waals surface area contributed by atoms with E-state index in [1.165, 1.54) is 0 Å². The van der Waals surface area contributed by atoms with Crippen LogP contribution in [0.2, 0.25) is 0 Å². The Bertz CT molecular complexity index is 804. The first-order chi connectivity index (χ1) is 13.1. The Hall–Kier alpha value is -1.99. The monoisotopic (exact) mass is 379 g/mol. The number of nitrogens with zero attached hydrogens (tertiary/aromatic N) is 1. The lowest BCUT2D eigenvalue weighted by Crippen LogP contribution is -2.58. The summed E-state index contributed by atoms with van der Waals surface area (Å²) in [7, 11) is 0. The molecular formula is C24H29NO3. The number of ketones is 2. The van der Waals surface area contributed by atoms with Crippen molar-refractivity contribution in [2.24, 2.45) is 22.7 Å². The molecule has 0 N–H and O–H groups in total. The molecule has 1 aromatic rings. The van der Waals surface area contributed by atoms with Gasteiger partial charge in [0.15, 0.2) is 0 Å². The van der Waals surface area contributed by atoms with Gasteiger partial charge in [-0.05, 0) is 41.4 Å². The van der Waals surface area contributed by atoms with Crippen LogP contribution in [-0.2, 0) is 14.3 Å². The first kappa shape index (κ1) is 19.3. The minimum atomic E-state index is -0.271. The second kappa shape index (κ2) is 6.52. The summed E-state index contributed by atoms with van der Waals surface area (Å²) in [6, 6.07) is 9.61. The second-order valence-corrected chi connectivity index (χ2v) is 10.5. The van der Waals surface area contributed by atoms with Crippen LogP contribution in [0.15, 0.2) is 24.3 Å². The van der Waals surface area contributed by atoms with Gasteiger partial charge in [-0.25, -0.2) is 0 Å². The Balaban J connectivity index is 1.79. The standard InChI is InChI=1S/C24H29NO3/c1-23(2)9-16(26)21-18(11-23)28-19-12-24(3,4)10-17(27)22(19)20(21)15-7-5-14(13-25)6-8-15/h5-8,18-22H,9-12H2,1-4H3. The van der Waals surface area contributed by atoms with E-state index in [4.69, 9.17) is 10.00 Å². The Morgan fingerprint density at radius 2 is 1.32 bits per heavy atom. The van der Waals surface area contributed by atoms with Gasteiger partial charge in [0.2, 0.25) is 0 Å². The summed E-state index contributed by atoms with van der Waals surface area (Å²) in [6.07, 6.45) is 2.46. The predicted molar refractivity (Wildman–Crippen MR) is 106 cm³/mol. The van der Waals surface area contributed by atoms with Crippen LogP contribution in [0.25, 0.3) is 0 Å². The van der Waals surface area contributed by atoms with Crippen molar-refractivity contribution in [1.82, 2.24) is 0 Å². The summed E-state index contributed by atoms with van der Waals surface area (Å²) in [4.78, 5) is 26.4. The van der Waals surface area contributed by atoms with Crippen LogP contribution in [-0.4, -0.2) is 23.8 Å². The second-order valence-electron chi connectivity index (χ2n) is 10.5. The van der Waals surface area contributed by atoms with Crippen molar-refractivity contribution in [3.63, 3.8) is 0 Å². The molecule has 4 atom stereocenters. The first-order valence-electron chi connectivity index (χ1n) is 10.3. The molecule has 0 bridgehead atoms. The van der Waals surface area contributed by atoms with Crippen LogP contribution in [0.1, 0.15) is 70.4 Å². The van der Waals surface area contributed by atoms with Gasteiger partial charge in [-0.15, -0.1) is 0 Å². The maximum atomic E-state index is 13.2. The molecule has 4 nitrogen and oxygen atoms in total. The van der Waals surface area contributed by atoms with E-state index in [0.29, 0.717) is 18.4 Å². The number of hydrogen-bond donors (Lipinski definition) is 0. The van der Waals surface area contributed by atoms with Crippen LogP contribution in [0.4, 0.5) is 0 Å². The summed E-state index contributed by atoms with van der Waals surface area (Å²) >= 11 is 0. The molecular weight excluding hydrogens is 350 g/mol. The number of benzene rings is 1. The molecule has 4 heteroatoms. The highest BCUT2D eigenvalue weighted by atomic mass is 16.5. The smallest absolute Gasteiger partial charge is 0.139 e. The molecule has 4 rings (SSSR count). The molecule has 28 heavy (non-hydrogen) atoms. The summed E-state index contributed by atoms with van der Waals surface area (Å²) < 4.78 is 6.51. The molecule has 3 fully saturated rings. The summed E-state index contributed by atoms with van der Waals surface area (Å²) in [6.45, 7) is 8.51. The Labute approximate surface area is 167 Å². The lowest BCUT2D eigenvalue weighted by Gasteiger charge is -2.54. The lowest BCUT2D eigenvalue weighted by atomic mass is 9.56. The van der Waals surface area contributed by atoms with Crippen molar-refractivity contribution in [2.75, 3.05) is 0 Å². The van der Waals surface area contributed by atoms with Crippen molar-refractivity contribution in [3.05, 3.63) is 35.4 Å². The molecule has 0 amide bonds. The molecule has 1 saturated heterocycles. The third-order valence-electron chi connectivity index (χ3n) is 6.91. The van der Waals surface area contributed by atoms with Crippen molar-refractivity contribution in [3.8, 4) is 6.07 Å². The fourth-order valence-electron chi connectivity index (χ4n) is 5.85. The molecule has 0 radical (unpaired) electrons. The number of fused-ring (bicyclic) bond motifs is 2. The van der Waals surface area contributed by atoms with E-state index in [9.17, 15) is 9.59 Å². The van der Waals surface area contributed by atoms with Gasteiger partial charge in [-0.3, -0.25) is 9.59 Å². The zero-order chi connectivity index (χ0) is 20.3. The largest absolute Gasteiger partial charge is 0.373 e. The molecule has 1 aliphatic heterocycles. The van der Waals surface area contributed by atoms with Crippen molar-refractivity contribution < 1.29 is 14.3 Å². The molecule has 148 valence electrons. The zero-order valence-electron chi connectivity index (χ0n) is 17.2. The van der Waals surface area contributed by atoms with E-state index in [1.54, 1.807) is 12.1 Å². The van der Waals surface area contributed by atoms with Crippen LogP contribution < -0.4 is 0 Å². The molecule has 2 saturated carbocycles. The Morgan fingerprint density at radius 1 is 0.857 bits per heavy atom. The molecule has 2 aliphatic carbocycles. The van der Waals surface area contributed by atoms with Crippen LogP contribution in [0.3, 0.4) is 0 Å². The van der Waals surface area contributed by atoms with Crippen molar-refractivity contribution >= 4 is 11.6 Å². The molecule has 0 aromatic heterocycles. The van der Waals surface area contributed by atoms with E-state index in [2.05, 4.69) is 33.8 Å². The number of hydrogen-bond acceptors (Lipinski definition) is 4. The third-order valence-corrected chi connectivity index (χ3v) is 6.91. The average molecular weight is 380 g/mol. The predicted octanol–water partition coefficient (Wildman–Crippen LogP) is 4.42. The molecule has 1 aromatic carbocycles. The maximum absolute atomic E-state index is 13.2. The molecule has 4 unspecified atom stereocenters. The van der Waals surface area contributed by atoms with Gasteiger partial charge in [-0.1, -0.05) is 39.8 Å².